The zero-order valence-corrected chi connectivity index (χ0v) is 7.20. The molecule has 0 atom stereocenters. The second-order valence-corrected chi connectivity index (χ2v) is 2.38. The molecule has 1 aromatic heterocycles. The van der Waals surface area contributed by atoms with Gasteiger partial charge >= 0.3 is 0 Å². The molecule has 1 rings (SSSR count). The van der Waals surface area contributed by atoms with E-state index < -0.39 is 0 Å². The molecule has 13 heavy (non-hydrogen) atoms. The molecule has 0 aromatic carbocycles. The molecule has 0 amide bonds. The molecular weight excluding hydrogens is 164 g/mol. The lowest BCUT2D eigenvalue weighted by Gasteiger charge is -2.00. The Morgan fingerprint density at radius 3 is 3.23 bits per heavy atom. The average molecular weight is 174 g/mol. The zero-order valence-electron chi connectivity index (χ0n) is 7.20. The fourth-order valence-electron chi connectivity index (χ4n) is 0.792. The van der Waals surface area contributed by atoms with Gasteiger partial charge in [0.25, 0.3) is 0 Å². The van der Waals surface area contributed by atoms with Crippen molar-refractivity contribution in [3.05, 3.63) is 30.6 Å². The summed E-state index contributed by atoms with van der Waals surface area (Å²) in [4.78, 5) is 7.90. The van der Waals surface area contributed by atoms with Crippen LogP contribution in [0.25, 0.3) is 0 Å². The summed E-state index contributed by atoms with van der Waals surface area (Å²) in [6.45, 7) is 4.33. The van der Waals surface area contributed by atoms with Crippen molar-refractivity contribution in [2.24, 2.45) is 0 Å². The first-order chi connectivity index (χ1) is 6.36. The molecule has 1 N–H and O–H groups in total. The van der Waals surface area contributed by atoms with Crippen molar-refractivity contribution in [2.45, 2.75) is 6.42 Å². The smallest absolute Gasteiger partial charge is 0.223 e. The van der Waals surface area contributed by atoms with E-state index in [0.717, 1.165) is 13.0 Å². The first-order valence-electron chi connectivity index (χ1n) is 3.94. The summed E-state index contributed by atoms with van der Waals surface area (Å²) in [5.41, 5.74) is 0.371. The monoisotopic (exact) mass is 174 g/mol. The van der Waals surface area contributed by atoms with Crippen LogP contribution in [0.2, 0.25) is 0 Å². The minimum absolute atomic E-state index is 0.371. The van der Waals surface area contributed by atoms with Crippen LogP contribution in [0.3, 0.4) is 0 Å². The van der Waals surface area contributed by atoms with E-state index in [1.807, 2.05) is 6.07 Å². The van der Waals surface area contributed by atoms with E-state index >= 15 is 0 Å². The van der Waals surface area contributed by atoms with Gasteiger partial charge in [-0.25, -0.2) is 9.97 Å². The van der Waals surface area contributed by atoms with Gasteiger partial charge < -0.3 is 5.32 Å². The summed E-state index contributed by atoms with van der Waals surface area (Å²) in [6.07, 6.45) is 4.21. The molecule has 4 heteroatoms. The summed E-state index contributed by atoms with van der Waals surface area (Å²) in [5, 5.41) is 11.5. The SMILES string of the molecule is C=CCCNc1nccc(C#N)n1. The van der Waals surface area contributed by atoms with Gasteiger partial charge in [-0.05, 0) is 12.5 Å². The molecule has 1 heterocycles. The van der Waals surface area contributed by atoms with Crippen molar-refractivity contribution in [3.63, 3.8) is 0 Å². The van der Waals surface area contributed by atoms with Crippen LogP contribution >= 0.6 is 0 Å². The van der Waals surface area contributed by atoms with Crippen LogP contribution < -0.4 is 5.32 Å². The van der Waals surface area contributed by atoms with E-state index in [-0.39, 0.29) is 0 Å². The maximum Gasteiger partial charge on any atom is 0.223 e. The second kappa shape index (κ2) is 4.88. The number of nitrogens with one attached hydrogen (secondary N) is 1. The molecule has 0 unspecified atom stereocenters. The van der Waals surface area contributed by atoms with Crippen LogP contribution in [0.5, 0.6) is 0 Å². The van der Waals surface area contributed by atoms with Crippen molar-refractivity contribution < 1.29 is 0 Å². The predicted octanol–water partition coefficient (Wildman–Crippen LogP) is 1.34. The largest absolute Gasteiger partial charge is 0.354 e. The molecule has 0 fully saturated rings. The predicted molar refractivity (Wildman–Crippen MR) is 50.1 cm³/mol. The zero-order chi connectivity index (χ0) is 9.52. The van der Waals surface area contributed by atoms with Crippen molar-refractivity contribution >= 4 is 5.95 Å². The molecule has 1 aromatic rings. The number of nitriles is 1. The van der Waals surface area contributed by atoms with Crippen molar-refractivity contribution in [3.8, 4) is 6.07 Å². The fraction of sp³-hybridized carbons (Fsp3) is 0.222. The van der Waals surface area contributed by atoms with E-state index in [9.17, 15) is 0 Å². The number of rotatable bonds is 4. The topological polar surface area (TPSA) is 61.6 Å². The van der Waals surface area contributed by atoms with Gasteiger partial charge in [0.15, 0.2) is 0 Å². The van der Waals surface area contributed by atoms with Crippen LogP contribution in [-0.2, 0) is 0 Å². The standard InChI is InChI=1S/C9H10N4/c1-2-3-5-11-9-12-6-4-8(7-10)13-9/h2,4,6H,1,3,5H2,(H,11,12,13). The van der Waals surface area contributed by atoms with Gasteiger partial charge in [-0.2, -0.15) is 5.26 Å². The van der Waals surface area contributed by atoms with E-state index in [4.69, 9.17) is 5.26 Å². The Bertz CT molecular complexity index is 327. The maximum absolute atomic E-state index is 8.55. The molecule has 66 valence electrons. The minimum atomic E-state index is 0.371. The molecule has 0 saturated heterocycles. The first-order valence-corrected chi connectivity index (χ1v) is 3.94. The Morgan fingerprint density at radius 1 is 1.69 bits per heavy atom. The molecule has 0 aliphatic rings. The molecule has 0 spiro atoms. The van der Waals surface area contributed by atoms with Crippen LogP contribution in [0, 0.1) is 11.3 Å². The molecule has 0 aliphatic heterocycles. The lowest BCUT2D eigenvalue weighted by molar-refractivity contribution is 1.01. The second-order valence-electron chi connectivity index (χ2n) is 2.38. The summed E-state index contributed by atoms with van der Waals surface area (Å²) in [5.74, 6) is 0.487. The summed E-state index contributed by atoms with van der Waals surface area (Å²) in [7, 11) is 0. The van der Waals surface area contributed by atoms with Crippen LogP contribution in [0.4, 0.5) is 5.95 Å². The summed E-state index contributed by atoms with van der Waals surface area (Å²) >= 11 is 0. The first kappa shape index (κ1) is 9.20. The molecular formula is C9H10N4. The minimum Gasteiger partial charge on any atom is -0.354 e. The molecule has 0 saturated carbocycles. The Labute approximate surface area is 76.9 Å². The normalized spacial score (nSPS) is 8.85. The summed E-state index contributed by atoms with van der Waals surface area (Å²) in [6, 6.07) is 3.51. The Hall–Kier alpha value is -1.89. The Morgan fingerprint density at radius 2 is 2.54 bits per heavy atom. The van der Waals surface area contributed by atoms with Gasteiger partial charge in [-0.15, -0.1) is 6.58 Å². The summed E-state index contributed by atoms with van der Waals surface area (Å²) < 4.78 is 0. The highest BCUT2D eigenvalue weighted by Gasteiger charge is 1.95. The van der Waals surface area contributed by atoms with Crippen LogP contribution in [0.15, 0.2) is 24.9 Å². The Kier molecular flexibility index (Phi) is 3.45. The number of hydrogen-bond acceptors (Lipinski definition) is 4. The third-order valence-corrected chi connectivity index (χ3v) is 1.40. The van der Waals surface area contributed by atoms with Gasteiger partial charge in [0.2, 0.25) is 5.95 Å². The van der Waals surface area contributed by atoms with Crippen molar-refractivity contribution in [2.75, 3.05) is 11.9 Å². The highest BCUT2D eigenvalue weighted by molar-refractivity contribution is 5.29. The fourth-order valence-corrected chi connectivity index (χ4v) is 0.792. The van der Waals surface area contributed by atoms with Gasteiger partial charge in [0, 0.05) is 12.7 Å². The number of aromatic nitrogens is 2. The quantitative estimate of drug-likeness (QED) is 0.552. The van der Waals surface area contributed by atoms with Crippen LogP contribution in [0.1, 0.15) is 12.1 Å². The molecule has 0 aliphatic carbocycles. The lowest BCUT2D eigenvalue weighted by atomic mass is 10.4. The highest BCUT2D eigenvalue weighted by atomic mass is 15.1. The van der Waals surface area contributed by atoms with E-state index in [0.29, 0.717) is 11.6 Å². The molecule has 4 nitrogen and oxygen atoms in total. The lowest BCUT2D eigenvalue weighted by Crippen LogP contribution is -2.04. The number of hydrogen-bond donors (Lipinski definition) is 1. The van der Waals surface area contributed by atoms with Gasteiger partial charge in [-0.3, -0.25) is 0 Å². The Balaban J connectivity index is 2.57. The van der Waals surface area contributed by atoms with Gasteiger partial charge in [0.05, 0.1) is 0 Å². The van der Waals surface area contributed by atoms with Gasteiger partial charge in [-0.1, -0.05) is 6.08 Å². The maximum atomic E-state index is 8.55. The average Bonchev–Trinajstić information content (AvgIpc) is 2.19. The highest BCUT2D eigenvalue weighted by Crippen LogP contribution is 1.98. The molecule has 0 bridgehead atoms. The van der Waals surface area contributed by atoms with Crippen molar-refractivity contribution in [1.29, 1.82) is 5.26 Å². The molecule has 0 radical (unpaired) electrons. The van der Waals surface area contributed by atoms with E-state index in [1.54, 1.807) is 18.3 Å². The van der Waals surface area contributed by atoms with E-state index in [2.05, 4.69) is 21.9 Å². The van der Waals surface area contributed by atoms with E-state index in [1.165, 1.54) is 0 Å². The third kappa shape index (κ3) is 2.91. The number of anilines is 1. The van der Waals surface area contributed by atoms with Gasteiger partial charge in [0.1, 0.15) is 11.8 Å². The number of nitrogens with zero attached hydrogens (tertiary/aromatic N) is 3. The van der Waals surface area contributed by atoms with Crippen LogP contribution in [-0.4, -0.2) is 16.5 Å². The third-order valence-electron chi connectivity index (χ3n) is 1.40. The van der Waals surface area contributed by atoms with Crippen molar-refractivity contribution in [1.82, 2.24) is 9.97 Å².